The highest BCUT2D eigenvalue weighted by Crippen LogP contribution is 2.74. The standard InChI is InChI=1S/C9H12O2/c1-3-11-8(10)7-6(2)9(7)4-5-9/h7H,2-5H2,1H3. The van der Waals surface area contributed by atoms with Gasteiger partial charge in [-0.2, -0.15) is 0 Å². The quantitative estimate of drug-likeness (QED) is 0.443. The molecule has 0 heterocycles. The van der Waals surface area contributed by atoms with Crippen LogP contribution in [0.1, 0.15) is 19.8 Å². The van der Waals surface area contributed by atoms with Crippen LogP contribution in [0.3, 0.4) is 0 Å². The average molecular weight is 152 g/mol. The second kappa shape index (κ2) is 1.87. The van der Waals surface area contributed by atoms with E-state index in [-0.39, 0.29) is 17.3 Å². The van der Waals surface area contributed by atoms with Gasteiger partial charge in [0.25, 0.3) is 0 Å². The van der Waals surface area contributed by atoms with Crippen molar-refractivity contribution in [3.63, 3.8) is 0 Å². The smallest absolute Gasteiger partial charge is 0.313 e. The Morgan fingerprint density at radius 2 is 2.45 bits per heavy atom. The summed E-state index contributed by atoms with van der Waals surface area (Å²) in [5.74, 6) is -0.00236. The zero-order valence-corrected chi connectivity index (χ0v) is 6.72. The van der Waals surface area contributed by atoms with E-state index >= 15 is 0 Å². The number of carbonyl (C=O) groups excluding carboxylic acids is 1. The van der Waals surface area contributed by atoms with Gasteiger partial charge in [-0.25, -0.2) is 0 Å². The Morgan fingerprint density at radius 3 is 2.82 bits per heavy atom. The molecule has 60 valence electrons. The van der Waals surface area contributed by atoms with Gasteiger partial charge < -0.3 is 4.74 Å². The Bertz CT molecular complexity index is 226. The van der Waals surface area contributed by atoms with Crippen molar-refractivity contribution >= 4 is 5.97 Å². The van der Waals surface area contributed by atoms with E-state index in [0.29, 0.717) is 6.61 Å². The van der Waals surface area contributed by atoms with E-state index in [4.69, 9.17) is 4.74 Å². The molecule has 2 fully saturated rings. The molecule has 0 radical (unpaired) electrons. The lowest BCUT2D eigenvalue weighted by Gasteiger charge is -1.97. The van der Waals surface area contributed by atoms with E-state index in [1.807, 2.05) is 6.92 Å². The van der Waals surface area contributed by atoms with Gasteiger partial charge in [-0.1, -0.05) is 12.2 Å². The van der Waals surface area contributed by atoms with Crippen LogP contribution in [-0.4, -0.2) is 12.6 Å². The molecule has 2 rings (SSSR count). The minimum Gasteiger partial charge on any atom is -0.466 e. The van der Waals surface area contributed by atoms with Crippen LogP contribution in [-0.2, 0) is 9.53 Å². The van der Waals surface area contributed by atoms with Crippen LogP contribution in [0.25, 0.3) is 0 Å². The van der Waals surface area contributed by atoms with Crippen molar-refractivity contribution in [3.05, 3.63) is 12.2 Å². The molecule has 0 saturated heterocycles. The number of rotatable bonds is 2. The van der Waals surface area contributed by atoms with E-state index in [1.54, 1.807) is 0 Å². The second-order valence-electron chi connectivity index (χ2n) is 3.37. The zero-order valence-electron chi connectivity index (χ0n) is 6.72. The van der Waals surface area contributed by atoms with Crippen molar-refractivity contribution in [2.45, 2.75) is 19.8 Å². The Morgan fingerprint density at radius 1 is 1.82 bits per heavy atom. The highest BCUT2D eigenvalue weighted by molar-refractivity contribution is 5.85. The maximum atomic E-state index is 11.2. The predicted octanol–water partition coefficient (Wildman–Crippen LogP) is 1.52. The van der Waals surface area contributed by atoms with Crippen LogP contribution in [0.2, 0.25) is 0 Å². The normalized spacial score (nSPS) is 30.3. The van der Waals surface area contributed by atoms with Gasteiger partial charge in [-0.3, -0.25) is 4.79 Å². The van der Waals surface area contributed by atoms with Gasteiger partial charge in [0.1, 0.15) is 0 Å². The second-order valence-corrected chi connectivity index (χ2v) is 3.37. The van der Waals surface area contributed by atoms with Crippen LogP contribution in [0.4, 0.5) is 0 Å². The number of carbonyl (C=O) groups is 1. The molecule has 0 amide bonds. The molecule has 0 N–H and O–H groups in total. The van der Waals surface area contributed by atoms with Crippen molar-refractivity contribution in [2.75, 3.05) is 6.61 Å². The van der Waals surface area contributed by atoms with Crippen molar-refractivity contribution in [1.82, 2.24) is 0 Å². The summed E-state index contributed by atoms with van der Waals surface area (Å²) in [6.45, 7) is 6.19. The number of hydrogen-bond donors (Lipinski definition) is 0. The Labute approximate surface area is 66.2 Å². The average Bonchev–Trinajstić information content (AvgIpc) is 2.79. The van der Waals surface area contributed by atoms with Crippen LogP contribution < -0.4 is 0 Å². The minimum absolute atomic E-state index is 0.0578. The van der Waals surface area contributed by atoms with Crippen LogP contribution in [0.15, 0.2) is 12.2 Å². The number of ether oxygens (including phenoxy) is 1. The minimum atomic E-state index is -0.0602. The van der Waals surface area contributed by atoms with Crippen molar-refractivity contribution in [2.24, 2.45) is 11.3 Å². The highest BCUT2D eigenvalue weighted by atomic mass is 16.5. The van der Waals surface area contributed by atoms with Crippen molar-refractivity contribution in [1.29, 1.82) is 0 Å². The molecule has 2 aliphatic rings. The van der Waals surface area contributed by atoms with Gasteiger partial charge in [0.15, 0.2) is 0 Å². The molecule has 2 saturated carbocycles. The third kappa shape index (κ3) is 0.753. The molecule has 2 aliphatic carbocycles. The molecule has 1 unspecified atom stereocenters. The van der Waals surface area contributed by atoms with Crippen molar-refractivity contribution in [3.8, 4) is 0 Å². The summed E-state index contributed by atoms with van der Waals surface area (Å²) in [5.41, 5.74) is 1.34. The van der Waals surface area contributed by atoms with Crippen LogP contribution >= 0.6 is 0 Å². The van der Waals surface area contributed by atoms with Gasteiger partial charge in [-0.15, -0.1) is 0 Å². The van der Waals surface area contributed by atoms with E-state index in [9.17, 15) is 4.79 Å². The largest absolute Gasteiger partial charge is 0.466 e. The van der Waals surface area contributed by atoms with Gasteiger partial charge in [0.05, 0.1) is 12.5 Å². The lowest BCUT2D eigenvalue weighted by Crippen LogP contribution is -2.07. The molecule has 0 aromatic heterocycles. The maximum Gasteiger partial charge on any atom is 0.313 e. The van der Waals surface area contributed by atoms with E-state index in [0.717, 1.165) is 18.4 Å². The summed E-state index contributed by atoms with van der Waals surface area (Å²) in [7, 11) is 0. The highest BCUT2D eigenvalue weighted by Gasteiger charge is 2.70. The van der Waals surface area contributed by atoms with Crippen LogP contribution in [0.5, 0.6) is 0 Å². The Balaban J connectivity index is 1.99. The first-order valence-electron chi connectivity index (χ1n) is 4.08. The fraction of sp³-hybridized carbons (Fsp3) is 0.667. The first-order chi connectivity index (χ1) is 5.22. The zero-order chi connectivity index (χ0) is 8.06. The molecule has 11 heavy (non-hydrogen) atoms. The summed E-state index contributed by atoms with van der Waals surface area (Å²) < 4.78 is 4.91. The fourth-order valence-electron chi connectivity index (χ4n) is 1.83. The lowest BCUT2D eigenvalue weighted by molar-refractivity contribution is -0.144. The molecule has 0 aromatic rings. The predicted molar refractivity (Wildman–Crippen MR) is 40.9 cm³/mol. The lowest BCUT2D eigenvalue weighted by atomic mass is 10.3. The summed E-state index contributed by atoms with van der Waals surface area (Å²) in [4.78, 5) is 11.2. The molecule has 0 bridgehead atoms. The Hall–Kier alpha value is -0.790. The first kappa shape index (κ1) is 6.89. The molecule has 2 nitrogen and oxygen atoms in total. The number of hydrogen-bond acceptors (Lipinski definition) is 2. The summed E-state index contributed by atoms with van der Waals surface area (Å²) in [5, 5.41) is 0. The third-order valence-corrected chi connectivity index (χ3v) is 2.77. The Kier molecular flexibility index (Phi) is 1.17. The van der Waals surface area contributed by atoms with Gasteiger partial charge in [0, 0.05) is 5.41 Å². The number of esters is 1. The first-order valence-corrected chi connectivity index (χ1v) is 4.08. The molecule has 2 heteroatoms. The summed E-state index contributed by atoms with van der Waals surface area (Å²) in [6.07, 6.45) is 2.30. The molecular weight excluding hydrogens is 140 g/mol. The summed E-state index contributed by atoms with van der Waals surface area (Å²) in [6, 6.07) is 0. The monoisotopic (exact) mass is 152 g/mol. The van der Waals surface area contributed by atoms with E-state index in [1.165, 1.54) is 0 Å². The topological polar surface area (TPSA) is 26.3 Å². The molecule has 1 atom stereocenters. The third-order valence-electron chi connectivity index (χ3n) is 2.77. The molecule has 1 spiro atoms. The SMILES string of the molecule is C=C1C(C(=O)OCC)C12CC2. The molecule has 0 aromatic carbocycles. The molecule has 0 aliphatic heterocycles. The maximum absolute atomic E-state index is 11.2. The van der Waals surface area contributed by atoms with E-state index in [2.05, 4.69) is 6.58 Å². The van der Waals surface area contributed by atoms with Crippen LogP contribution in [0, 0.1) is 11.3 Å². The van der Waals surface area contributed by atoms with Crippen molar-refractivity contribution < 1.29 is 9.53 Å². The van der Waals surface area contributed by atoms with Gasteiger partial charge >= 0.3 is 5.97 Å². The fourth-order valence-corrected chi connectivity index (χ4v) is 1.83. The van der Waals surface area contributed by atoms with E-state index < -0.39 is 0 Å². The molecular formula is C9H12O2. The van der Waals surface area contributed by atoms with Gasteiger partial charge in [0.2, 0.25) is 0 Å². The van der Waals surface area contributed by atoms with Gasteiger partial charge in [-0.05, 0) is 19.8 Å². The summed E-state index contributed by atoms with van der Waals surface area (Å²) >= 11 is 0.